The van der Waals surface area contributed by atoms with Gasteiger partial charge in [-0.15, -0.1) is 0 Å². The SMILES string of the molecule is C=C(C)C1CCC(C)=CC1[CH]CCCC. The lowest BCUT2D eigenvalue weighted by molar-refractivity contribution is 0.429. The van der Waals surface area contributed by atoms with Gasteiger partial charge >= 0.3 is 0 Å². The second kappa shape index (κ2) is 6.15. The lowest BCUT2D eigenvalue weighted by Gasteiger charge is -2.30. The smallest absolute Gasteiger partial charge is 0.0134 e. The molecule has 0 fully saturated rings. The van der Waals surface area contributed by atoms with E-state index in [1.807, 2.05) is 0 Å². The van der Waals surface area contributed by atoms with Crippen LogP contribution in [0.2, 0.25) is 0 Å². The largest absolute Gasteiger partial charge is 0.0998 e. The predicted octanol–water partition coefficient (Wildman–Crippen LogP) is 4.93. The summed E-state index contributed by atoms with van der Waals surface area (Å²) in [5.41, 5.74) is 2.92. The zero-order chi connectivity index (χ0) is 11.3. The first kappa shape index (κ1) is 12.5. The van der Waals surface area contributed by atoms with Gasteiger partial charge in [0.25, 0.3) is 0 Å². The Labute approximate surface area is 95.5 Å². The van der Waals surface area contributed by atoms with Gasteiger partial charge in [0.1, 0.15) is 0 Å². The molecule has 1 rings (SSSR count). The highest BCUT2D eigenvalue weighted by Gasteiger charge is 2.23. The molecule has 0 amide bonds. The highest BCUT2D eigenvalue weighted by atomic mass is 14.3. The summed E-state index contributed by atoms with van der Waals surface area (Å²) in [6, 6.07) is 0. The average Bonchev–Trinajstić information content (AvgIpc) is 2.18. The van der Waals surface area contributed by atoms with E-state index in [0.29, 0.717) is 11.8 Å². The molecule has 0 aromatic rings. The van der Waals surface area contributed by atoms with Gasteiger partial charge in [-0.05, 0) is 51.4 Å². The summed E-state index contributed by atoms with van der Waals surface area (Å²) >= 11 is 0. The number of hydrogen-bond acceptors (Lipinski definition) is 0. The van der Waals surface area contributed by atoms with E-state index in [2.05, 4.69) is 39.8 Å². The second-order valence-corrected chi connectivity index (χ2v) is 4.96. The van der Waals surface area contributed by atoms with Gasteiger partial charge in [0.05, 0.1) is 0 Å². The summed E-state index contributed by atoms with van der Waals surface area (Å²) in [6.45, 7) is 10.8. The Morgan fingerprint density at radius 1 is 1.60 bits per heavy atom. The number of unbranched alkanes of at least 4 members (excludes halogenated alkanes) is 2. The standard InChI is InChI=1S/C15H25/c1-5-6-7-8-14-11-13(4)9-10-15(14)12(2)3/h8,11,14-15H,2,5-7,9-10H2,1,3-4H3. The molecule has 2 unspecified atom stereocenters. The van der Waals surface area contributed by atoms with Crippen molar-refractivity contribution in [3.8, 4) is 0 Å². The summed E-state index contributed by atoms with van der Waals surface area (Å²) in [5, 5.41) is 0. The number of rotatable bonds is 5. The van der Waals surface area contributed by atoms with Crippen LogP contribution >= 0.6 is 0 Å². The van der Waals surface area contributed by atoms with Gasteiger partial charge in [-0.3, -0.25) is 0 Å². The maximum absolute atomic E-state index is 4.13. The Morgan fingerprint density at radius 3 is 2.93 bits per heavy atom. The molecule has 15 heavy (non-hydrogen) atoms. The van der Waals surface area contributed by atoms with Crippen molar-refractivity contribution in [2.45, 2.75) is 52.9 Å². The van der Waals surface area contributed by atoms with Crippen molar-refractivity contribution in [3.05, 3.63) is 30.2 Å². The summed E-state index contributed by atoms with van der Waals surface area (Å²) in [4.78, 5) is 0. The van der Waals surface area contributed by atoms with Crippen molar-refractivity contribution in [1.82, 2.24) is 0 Å². The van der Waals surface area contributed by atoms with Gasteiger partial charge in [0.2, 0.25) is 0 Å². The first-order chi connectivity index (χ1) is 7.15. The van der Waals surface area contributed by atoms with Crippen molar-refractivity contribution in [3.63, 3.8) is 0 Å². The molecule has 0 N–H and O–H groups in total. The molecule has 0 aromatic heterocycles. The summed E-state index contributed by atoms with van der Waals surface area (Å²) in [7, 11) is 0. The molecule has 0 aromatic carbocycles. The summed E-state index contributed by atoms with van der Waals surface area (Å²) in [5.74, 6) is 1.35. The second-order valence-electron chi connectivity index (χ2n) is 4.96. The van der Waals surface area contributed by atoms with Crippen LogP contribution in [0.25, 0.3) is 0 Å². The molecule has 2 atom stereocenters. The number of allylic oxidation sites excluding steroid dienone is 3. The zero-order valence-corrected chi connectivity index (χ0v) is 10.6. The zero-order valence-electron chi connectivity index (χ0n) is 10.6. The highest BCUT2D eigenvalue weighted by molar-refractivity contribution is 5.17. The fourth-order valence-electron chi connectivity index (χ4n) is 2.43. The molecule has 1 radical (unpaired) electrons. The van der Waals surface area contributed by atoms with Crippen molar-refractivity contribution in [2.24, 2.45) is 11.8 Å². The first-order valence-electron chi connectivity index (χ1n) is 6.31. The Balaban J connectivity index is 2.53. The van der Waals surface area contributed by atoms with E-state index in [1.165, 1.54) is 37.7 Å². The van der Waals surface area contributed by atoms with E-state index in [0.717, 1.165) is 0 Å². The summed E-state index contributed by atoms with van der Waals surface area (Å²) < 4.78 is 0. The fraction of sp³-hybridized carbons (Fsp3) is 0.667. The van der Waals surface area contributed by atoms with Crippen molar-refractivity contribution < 1.29 is 0 Å². The topological polar surface area (TPSA) is 0 Å². The van der Waals surface area contributed by atoms with Crippen LogP contribution in [0.4, 0.5) is 0 Å². The molecule has 1 aliphatic carbocycles. The van der Waals surface area contributed by atoms with E-state index < -0.39 is 0 Å². The minimum Gasteiger partial charge on any atom is -0.0998 e. The van der Waals surface area contributed by atoms with Crippen LogP contribution < -0.4 is 0 Å². The van der Waals surface area contributed by atoms with Crippen LogP contribution in [-0.2, 0) is 0 Å². The third kappa shape index (κ3) is 3.85. The lowest BCUT2D eigenvalue weighted by atomic mass is 9.75. The van der Waals surface area contributed by atoms with Crippen LogP contribution in [0.1, 0.15) is 52.9 Å². The third-order valence-corrected chi connectivity index (χ3v) is 3.42. The minimum absolute atomic E-state index is 0.655. The van der Waals surface area contributed by atoms with E-state index in [-0.39, 0.29) is 0 Å². The Hall–Kier alpha value is -0.520. The van der Waals surface area contributed by atoms with E-state index >= 15 is 0 Å². The number of hydrogen-bond donors (Lipinski definition) is 0. The molecule has 0 aliphatic heterocycles. The quantitative estimate of drug-likeness (QED) is 0.441. The molecule has 0 spiro atoms. The monoisotopic (exact) mass is 205 g/mol. The molecule has 85 valence electrons. The van der Waals surface area contributed by atoms with Crippen LogP contribution in [0.5, 0.6) is 0 Å². The molecule has 0 saturated heterocycles. The predicted molar refractivity (Wildman–Crippen MR) is 68.6 cm³/mol. The highest BCUT2D eigenvalue weighted by Crippen LogP contribution is 2.35. The molecule has 0 saturated carbocycles. The van der Waals surface area contributed by atoms with Gasteiger partial charge < -0.3 is 0 Å². The van der Waals surface area contributed by atoms with E-state index in [4.69, 9.17) is 0 Å². The Bertz CT molecular complexity index is 234. The van der Waals surface area contributed by atoms with Crippen LogP contribution in [0.15, 0.2) is 23.8 Å². The van der Waals surface area contributed by atoms with E-state index in [1.54, 1.807) is 5.57 Å². The van der Waals surface area contributed by atoms with Gasteiger partial charge in [-0.1, -0.05) is 43.6 Å². The van der Waals surface area contributed by atoms with Gasteiger partial charge in [-0.2, -0.15) is 0 Å². The van der Waals surface area contributed by atoms with Crippen molar-refractivity contribution >= 4 is 0 Å². The van der Waals surface area contributed by atoms with Gasteiger partial charge in [-0.25, -0.2) is 0 Å². The Morgan fingerprint density at radius 2 is 2.33 bits per heavy atom. The van der Waals surface area contributed by atoms with Crippen LogP contribution in [0.3, 0.4) is 0 Å². The van der Waals surface area contributed by atoms with E-state index in [9.17, 15) is 0 Å². The lowest BCUT2D eigenvalue weighted by Crippen LogP contribution is -2.18. The third-order valence-electron chi connectivity index (χ3n) is 3.42. The van der Waals surface area contributed by atoms with Crippen LogP contribution in [0, 0.1) is 18.3 Å². The maximum atomic E-state index is 4.13. The van der Waals surface area contributed by atoms with Crippen molar-refractivity contribution in [1.29, 1.82) is 0 Å². The normalized spacial score (nSPS) is 26.2. The van der Waals surface area contributed by atoms with Crippen molar-refractivity contribution in [2.75, 3.05) is 0 Å². The van der Waals surface area contributed by atoms with Gasteiger partial charge in [0, 0.05) is 0 Å². The molecule has 0 heteroatoms. The fourth-order valence-corrected chi connectivity index (χ4v) is 2.43. The van der Waals surface area contributed by atoms with Crippen LogP contribution in [-0.4, -0.2) is 0 Å². The van der Waals surface area contributed by atoms with Gasteiger partial charge in [0.15, 0.2) is 0 Å². The average molecular weight is 205 g/mol. The molecule has 0 heterocycles. The molecule has 1 aliphatic rings. The minimum atomic E-state index is 0.655. The first-order valence-corrected chi connectivity index (χ1v) is 6.31. The molecule has 0 bridgehead atoms. The molecular weight excluding hydrogens is 180 g/mol. The molecular formula is C15H25. The summed E-state index contributed by atoms with van der Waals surface area (Å²) in [6.07, 6.45) is 11.4. The molecule has 0 nitrogen and oxygen atoms in total. The Kier molecular flexibility index (Phi) is 5.14. The maximum Gasteiger partial charge on any atom is -0.0134 e.